The maximum absolute atomic E-state index is 10.7. The topological polar surface area (TPSA) is 32.3 Å². The minimum Gasteiger partial charge on any atom is -0.345 e. The van der Waals surface area contributed by atoms with Gasteiger partial charge in [-0.25, -0.2) is 0 Å². The van der Waals surface area contributed by atoms with E-state index in [0.29, 0.717) is 5.92 Å². The third-order valence-electron chi connectivity index (χ3n) is 3.68. The van der Waals surface area contributed by atoms with Crippen LogP contribution in [0.15, 0.2) is 24.3 Å². The third-order valence-corrected chi connectivity index (χ3v) is 3.68. The quantitative estimate of drug-likeness (QED) is 0.838. The van der Waals surface area contributed by atoms with Gasteiger partial charge in [-0.15, -0.1) is 0 Å². The minimum absolute atomic E-state index is 0.614. The molecule has 1 aliphatic heterocycles. The summed E-state index contributed by atoms with van der Waals surface area (Å²) in [5.41, 5.74) is 2.78. The van der Waals surface area contributed by atoms with Gasteiger partial charge >= 0.3 is 0 Å². The predicted octanol–water partition coefficient (Wildman–Crippen LogP) is 3.16. The smallest absolute Gasteiger partial charge is 0.209 e. The second-order valence-electron chi connectivity index (χ2n) is 4.94. The van der Waals surface area contributed by atoms with E-state index in [4.69, 9.17) is 0 Å². The fourth-order valence-corrected chi connectivity index (χ4v) is 2.56. The number of carbonyl (C=O) groups excluding carboxylic acids is 1. The van der Waals surface area contributed by atoms with E-state index in [1.165, 1.54) is 11.1 Å². The van der Waals surface area contributed by atoms with Gasteiger partial charge in [-0.1, -0.05) is 45.0 Å². The first-order chi connectivity index (χ1) is 9.83. The number of carbonyl (C=O) groups is 1. The van der Waals surface area contributed by atoms with Crippen LogP contribution in [0.5, 0.6) is 0 Å². The van der Waals surface area contributed by atoms with Crippen molar-refractivity contribution in [3.8, 4) is 0 Å². The highest BCUT2D eigenvalue weighted by molar-refractivity contribution is 5.47. The number of hydrogen-bond donors (Lipinski definition) is 1. The molecule has 2 rings (SSSR count). The van der Waals surface area contributed by atoms with E-state index in [0.717, 1.165) is 45.4 Å². The molecule has 0 spiro atoms. The van der Waals surface area contributed by atoms with E-state index in [1.54, 1.807) is 0 Å². The molecule has 0 radical (unpaired) electrons. The summed E-state index contributed by atoms with van der Waals surface area (Å²) in [6, 6.07) is 8.85. The Morgan fingerprint density at radius 3 is 2.60 bits per heavy atom. The first-order valence-electron chi connectivity index (χ1n) is 7.82. The van der Waals surface area contributed by atoms with Crippen LogP contribution < -0.4 is 5.32 Å². The van der Waals surface area contributed by atoms with Gasteiger partial charge in [0.1, 0.15) is 0 Å². The number of likely N-dealkylation sites (tertiary alicyclic amines) is 1. The third kappa shape index (κ3) is 4.97. The second kappa shape index (κ2) is 9.54. The lowest BCUT2D eigenvalue weighted by atomic mass is 9.89. The molecular weight excluding hydrogens is 248 g/mol. The van der Waals surface area contributed by atoms with E-state index >= 15 is 0 Å². The van der Waals surface area contributed by atoms with Crippen molar-refractivity contribution in [3.05, 3.63) is 35.4 Å². The van der Waals surface area contributed by atoms with Crippen LogP contribution in [-0.2, 0) is 11.3 Å². The molecule has 1 aromatic rings. The lowest BCUT2D eigenvalue weighted by Crippen LogP contribution is -2.31. The Bertz CT molecular complexity index is 384. The summed E-state index contributed by atoms with van der Waals surface area (Å²) in [6.07, 6.45) is 3.14. The number of benzene rings is 1. The fraction of sp³-hybridized carbons (Fsp3) is 0.588. The summed E-state index contributed by atoms with van der Waals surface area (Å²) in [5.74, 6) is 0.614. The normalized spacial score (nSPS) is 15.4. The molecule has 0 saturated carbocycles. The molecule has 1 N–H and O–H groups in total. The molecule has 1 amide bonds. The van der Waals surface area contributed by atoms with E-state index in [1.807, 2.05) is 18.7 Å². The number of hydrogen-bond acceptors (Lipinski definition) is 2. The average molecular weight is 276 g/mol. The summed E-state index contributed by atoms with van der Waals surface area (Å²) in [7, 11) is 0. The molecule has 1 aliphatic rings. The summed E-state index contributed by atoms with van der Waals surface area (Å²) in [6.45, 7) is 9.86. The molecule has 3 heteroatoms. The number of rotatable bonds is 5. The Hall–Kier alpha value is -1.35. The highest BCUT2D eigenvalue weighted by Gasteiger charge is 2.19. The van der Waals surface area contributed by atoms with Crippen LogP contribution >= 0.6 is 0 Å². The Morgan fingerprint density at radius 1 is 1.30 bits per heavy atom. The molecular formula is C17H28N2O. The highest BCUT2D eigenvalue weighted by atomic mass is 16.1. The number of amides is 1. The van der Waals surface area contributed by atoms with Gasteiger partial charge in [0.2, 0.25) is 6.41 Å². The Balaban J connectivity index is 0.000000956. The SMILES string of the molecule is CC.CCNCc1cccc(C2CCN(C=O)CC2)c1. The lowest BCUT2D eigenvalue weighted by molar-refractivity contribution is -0.119. The van der Waals surface area contributed by atoms with Crippen LogP contribution in [0, 0.1) is 0 Å². The zero-order chi connectivity index (χ0) is 14.8. The first-order valence-corrected chi connectivity index (χ1v) is 7.82. The summed E-state index contributed by atoms with van der Waals surface area (Å²) < 4.78 is 0. The largest absolute Gasteiger partial charge is 0.345 e. The Kier molecular flexibility index (Phi) is 7.97. The lowest BCUT2D eigenvalue weighted by Gasteiger charge is -2.29. The monoisotopic (exact) mass is 276 g/mol. The van der Waals surface area contributed by atoms with Crippen molar-refractivity contribution in [1.82, 2.24) is 10.2 Å². The molecule has 112 valence electrons. The first kappa shape index (κ1) is 16.7. The van der Waals surface area contributed by atoms with Gasteiger partial charge in [0.15, 0.2) is 0 Å². The number of piperidine rings is 1. The summed E-state index contributed by atoms with van der Waals surface area (Å²) >= 11 is 0. The van der Waals surface area contributed by atoms with Crippen molar-refractivity contribution in [3.63, 3.8) is 0 Å². The van der Waals surface area contributed by atoms with Crippen molar-refractivity contribution in [2.24, 2.45) is 0 Å². The molecule has 1 aromatic carbocycles. The summed E-state index contributed by atoms with van der Waals surface area (Å²) in [4.78, 5) is 12.6. The van der Waals surface area contributed by atoms with Gasteiger partial charge in [0, 0.05) is 19.6 Å². The van der Waals surface area contributed by atoms with Crippen LogP contribution in [0.2, 0.25) is 0 Å². The highest BCUT2D eigenvalue weighted by Crippen LogP contribution is 2.27. The van der Waals surface area contributed by atoms with Crippen LogP contribution in [0.4, 0.5) is 0 Å². The molecule has 0 aliphatic carbocycles. The standard InChI is InChI=1S/C15H22N2O.C2H6/c1-2-16-11-13-4-3-5-15(10-13)14-6-8-17(12-18)9-7-14;1-2/h3-5,10,12,14,16H,2,6-9,11H2,1H3;1-2H3. The van der Waals surface area contributed by atoms with Crippen molar-refractivity contribution in [1.29, 1.82) is 0 Å². The molecule has 3 nitrogen and oxygen atoms in total. The van der Waals surface area contributed by atoms with Gasteiger partial charge in [-0.3, -0.25) is 4.79 Å². The molecule has 0 aromatic heterocycles. The zero-order valence-corrected chi connectivity index (χ0v) is 13.1. The predicted molar refractivity (Wildman–Crippen MR) is 84.8 cm³/mol. The van der Waals surface area contributed by atoms with Gasteiger partial charge in [-0.05, 0) is 36.4 Å². The van der Waals surface area contributed by atoms with Crippen LogP contribution in [-0.4, -0.2) is 30.9 Å². The summed E-state index contributed by atoms with van der Waals surface area (Å²) in [5, 5.41) is 3.36. The van der Waals surface area contributed by atoms with E-state index in [-0.39, 0.29) is 0 Å². The maximum atomic E-state index is 10.7. The second-order valence-corrected chi connectivity index (χ2v) is 4.94. The van der Waals surface area contributed by atoms with Crippen molar-refractivity contribution in [2.45, 2.75) is 46.1 Å². The average Bonchev–Trinajstić information content (AvgIpc) is 2.55. The molecule has 1 fully saturated rings. The molecule has 1 saturated heterocycles. The molecule has 0 atom stereocenters. The van der Waals surface area contributed by atoms with Crippen molar-refractivity contribution < 1.29 is 4.79 Å². The van der Waals surface area contributed by atoms with Crippen LogP contribution in [0.25, 0.3) is 0 Å². The molecule has 0 bridgehead atoms. The molecule has 0 unspecified atom stereocenters. The Labute approximate surface area is 123 Å². The molecule has 20 heavy (non-hydrogen) atoms. The van der Waals surface area contributed by atoms with Gasteiger partial charge in [0.25, 0.3) is 0 Å². The van der Waals surface area contributed by atoms with Crippen LogP contribution in [0.1, 0.15) is 50.7 Å². The van der Waals surface area contributed by atoms with Crippen molar-refractivity contribution in [2.75, 3.05) is 19.6 Å². The van der Waals surface area contributed by atoms with E-state index in [2.05, 4.69) is 36.5 Å². The number of nitrogens with zero attached hydrogens (tertiary/aromatic N) is 1. The van der Waals surface area contributed by atoms with Gasteiger partial charge < -0.3 is 10.2 Å². The van der Waals surface area contributed by atoms with Gasteiger partial charge in [0.05, 0.1) is 0 Å². The molecule has 1 heterocycles. The van der Waals surface area contributed by atoms with E-state index < -0.39 is 0 Å². The van der Waals surface area contributed by atoms with Crippen molar-refractivity contribution >= 4 is 6.41 Å². The Morgan fingerprint density at radius 2 is 2.00 bits per heavy atom. The minimum atomic E-state index is 0.614. The maximum Gasteiger partial charge on any atom is 0.209 e. The fourth-order valence-electron chi connectivity index (χ4n) is 2.56. The zero-order valence-electron chi connectivity index (χ0n) is 13.1. The van der Waals surface area contributed by atoms with E-state index in [9.17, 15) is 4.79 Å². The van der Waals surface area contributed by atoms with Gasteiger partial charge in [-0.2, -0.15) is 0 Å². The number of nitrogens with one attached hydrogen (secondary N) is 1. The van der Waals surface area contributed by atoms with Crippen LogP contribution in [0.3, 0.4) is 0 Å².